The van der Waals surface area contributed by atoms with Gasteiger partial charge in [-0.2, -0.15) is 11.8 Å². The van der Waals surface area contributed by atoms with E-state index in [0.29, 0.717) is 11.8 Å². The lowest BCUT2D eigenvalue weighted by Crippen LogP contribution is -2.29. The van der Waals surface area contributed by atoms with E-state index in [4.69, 9.17) is 0 Å². The maximum atomic E-state index is 11.5. The summed E-state index contributed by atoms with van der Waals surface area (Å²) in [5.41, 5.74) is 0. The van der Waals surface area contributed by atoms with Crippen LogP contribution in [0.1, 0.15) is 33.1 Å². The highest BCUT2D eigenvalue weighted by Crippen LogP contribution is 2.24. The van der Waals surface area contributed by atoms with E-state index in [1.165, 1.54) is 24.3 Å². The number of carbonyl (C=O) groups excluding carboxylic acids is 1. The largest absolute Gasteiger partial charge is 0.356 e. The first-order valence-electron chi connectivity index (χ1n) is 5.53. The summed E-state index contributed by atoms with van der Waals surface area (Å²) in [6.45, 7) is 5.06. The van der Waals surface area contributed by atoms with E-state index in [2.05, 4.69) is 19.2 Å². The minimum Gasteiger partial charge on any atom is -0.356 e. The van der Waals surface area contributed by atoms with Gasteiger partial charge < -0.3 is 5.32 Å². The SMILES string of the molecule is CC(C)CNC(=O)CC1CCSCC1. The zero-order chi connectivity index (χ0) is 10.4. The van der Waals surface area contributed by atoms with E-state index in [1.54, 1.807) is 0 Å². The second-order valence-corrected chi connectivity index (χ2v) is 5.68. The van der Waals surface area contributed by atoms with Crippen molar-refractivity contribution in [1.29, 1.82) is 0 Å². The molecule has 0 unspecified atom stereocenters. The molecule has 0 bridgehead atoms. The van der Waals surface area contributed by atoms with Crippen molar-refractivity contribution in [3.8, 4) is 0 Å². The van der Waals surface area contributed by atoms with Crippen LogP contribution < -0.4 is 5.32 Å². The fraction of sp³-hybridized carbons (Fsp3) is 0.909. The summed E-state index contributed by atoms with van der Waals surface area (Å²) >= 11 is 2.01. The highest BCUT2D eigenvalue weighted by atomic mass is 32.2. The molecule has 0 saturated carbocycles. The molecule has 14 heavy (non-hydrogen) atoms. The monoisotopic (exact) mass is 215 g/mol. The van der Waals surface area contributed by atoms with Gasteiger partial charge in [-0.25, -0.2) is 0 Å². The Hall–Kier alpha value is -0.180. The van der Waals surface area contributed by atoms with Gasteiger partial charge in [0.15, 0.2) is 0 Å². The summed E-state index contributed by atoms with van der Waals surface area (Å²) in [6.07, 6.45) is 3.19. The van der Waals surface area contributed by atoms with Crippen LogP contribution in [0.15, 0.2) is 0 Å². The number of rotatable bonds is 4. The van der Waals surface area contributed by atoms with Gasteiger partial charge in [0, 0.05) is 13.0 Å². The van der Waals surface area contributed by atoms with Gasteiger partial charge in [0.05, 0.1) is 0 Å². The van der Waals surface area contributed by atoms with Crippen molar-refractivity contribution in [3.05, 3.63) is 0 Å². The Morgan fingerprint density at radius 3 is 2.64 bits per heavy atom. The fourth-order valence-corrected chi connectivity index (χ4v) is 2.81. The van der Waals surface area contributed by atoms with E-state index in [1.807, 2.05) is 11.8 Å². The van der Waals surface area contributed by atoms with Crippen LogP contribution in [0.25, 0.3) is 0 Å². The van der Waals surface area contributed by atoms with Gasteiger partial charge in [-0.05, 0) is 36.2 Å². The third kappa shape index (κ3) is 4.89. The van der Waals surface area contributed by atoms with Crippen molar-refractivity contribution in [2.75, 3.05) is 18.1 Å². The molecule has 1 saturated heterocycles. The molecular weight excluding hydrogens is 194 g/mol. The second-order valence-electron chi connectivity index (χ2n) is 4.46. The van der Waals surface area contributed by atoms with E-state index >= 15 is 0 Å². The Bertz CT molecular complexity index is 176. The minimum absolute atomic E-state index is 0.246. The van der Waals surface area contributed by atoms with Crippen molar-refractivity contribution < 1.29 is 4.79 Å². The minimum atomic E-state index is 0.246. The molecule has 0 radical (unpaired) electrons. The van der Waals surface area contributed by atoms with Crippen molar-refractivity contribution in [1.82, 2.24) is 5.32 Å². The number of nitrogens with one attached hydrogen (secondary N) is 1. The smallest absolute Gasteiger partial charge is 0.220 e. The lowest BCUT2D eigenvalue weighted by Gasteiger charge is -2.20. The predicted molar refractivity (Wildman–Crippen MR) is 62.5 cm³/mol. The standard InChI is InChI=1S/C11H21NOS/c1-9(2)8-12-11(13)7-10-3-5-14-6-4-10/h9-10H,3-8H2,1-2H3,(H,12,13). The first-order chi connectivity index (χ1) is 6.68. The number of hydrogen-bond donors (Lipinski definition) is 1. The second kappa shape index (κ2) is 6.33. The molecule has 1 aliphatic heterocycles. The van der Waals surface area contributed by atoms with Gasteiger partial charge in [0.25, 0.3) is 0 Å². The molecule has 0 aromatic carbocycles. The molecule has 0 aromatic rings. The Kier molecular flexibility index (Phi) is 5.38. The van der Waals surface area contributed by atoms with E-state index < -0.39 is 0 Å². The van der Waals surface area contributed by atoms with Crippen LogP contribution in [0.2, 0.25) is 0 Å². The highest BCUT2D eigenvalue weighted by Gasteiger charge is 2.16. The fourth-order valence-electron chi connectivity index (χ4n) is 1.60. The molecule has 0 spiro atoms. The maximum absolute atomic E-state index is 11.5. The Morgan fingerprint density at radius 1 is 1.43 bits per heavy atom. The average molecular weight is 215 g/mol. The van der Waals surface area contributed by atoms with Crippen molar-refractivity contribution >= 4 is 17.7 Å². The van der Waals surface area contributed by atoms with Crippen LogP contribution >= 0.6 is 11.8 Å². The summed E-state index contributed by atoms with van der Waals surface area (Å²) in [7, 11) is 0. The molecule has 1 fully saturated rings. The summed E-state index contributed by atoms with van der Waals surface area (Å²) in [5, 5.41) is 2.98. The van der Waals surface area contributed by atoms with Crippen LogP contribution in [0.5, 0.6) is 0 Å². The zero-order valence-corrected chi connectivity index (χ0v) is 10.0. The van der Waals surface area contributed by atoms with Crippen molar-refractivity contribution in [2.45, 2.75) is 33.1 Å². The topological polar surface area (TPSA) is 29.1 Å². The molecule has 1 N–H and O–H groups in total. The normalized spacial score (nSPS) is 18.5. The Labute approximate surface area is 91.2 Å². The van der Waals surface area contributed by atoms with Crippen LogP contribution in [-0.4, -0.2) is 24.0 Å². The molecule has 82 valence electrons. The van der Waals surface area contributed by atoms with Crippen LogP contribution in [-0.2, 0) is 4.79 Å². The summed E-state index contributed by atoms with van der Waals surface area (Å²) in [6, 6.07) is 0. The number of thioether (sulfide) groups is 1. The van der Waals surface area contributed by atoms with Gasteiger partial charge in [-0.15, -0.1) is 0 Å². The number of carbonyl (C=O) groups is 1. The van der Waals surface area contributed by atoms with E-state index in [9.17, 15) is 4.79 Å². The molecule has 0 atom stereocenters. The molecule has 1 aliphatic rings. The highest BCUT2D eigenvalue weighted by molar-refractivity contribution is 7.99. The van der Waals surface area contributed by atoms with Crippen LogP contribution in [0, 0.1) is 11.8 Å². The quantitative estimate of drug-likeness (QED) is 0.779. The average Bonchev–Trinajstić information content (AvgIpc) is 2.16. The molecular formula is C11H21NOS. The summed E-state index contributed by atoms with van der Waals surface area (Å²) in [5.74, 6) is 3.92. The molecule has 0 aromatic heterocycles. The third-order valence-corrected chi connectivity index (χ3v) is 3.57. The molecule has 0 aliphatic carbocycles. The van der Waals surface area contributed by atoms with Crippen LogP contribution in [0.4, 0.5) is 0 Å². The number of hydrogen-bond acceptors (Lipinski definition) is 2. The first-order valence-corrected chi connectivity index (χ1v) is 6.68. The molecule has 1 amide bonds. The van der Waals surface area contributed by atoms with Crippen molar-refractivity contribution in [2.24, 2.45) is 11.8 Å². The van der Waals surface area contributed by atoms with Gasteiger partial charge in [-0.3, -0.25) is 4.79 Å². The van der Waals surface area contributed by atoms with Gasteiger partial charge in [0.1, 0.15) is 0 Å². The Morgan fingerprint density at radius 2 is 2.07 bits per heavy atom. The lowest BCUT2D eigenvalue weighted by atomic mass is 9.98. The van der Waals surface area contributed by atoms with Gasteiger partial charge in [-0.1, -0.05) is 13.8 Å². The van der Waals surface area contributed by atoms with Crippen molar-refractivity contribution in [3.63, 3.8) is 0 Å². The molecule has 2 nitrogen and oxygen atoms in total. The first kappa shape index (κ1) is 11.9. The third-order valence-electron chi connectivity index (χ3n) is 2.52. The number of amides is 1. The van der Waals surface area contributed by atoms with E-state index in [0.717, 1.165) is 13.0 Å². The maximum Gasteiger partial charge on any atom is 0.220 e. The zero-order valence-electron chi connectivity index (χ0n) is 9.21. The Balaban J connectivity index is 2.12. The molecule has 1 rings (SSSR count). The summed E-state index contributed by atoms with van der Waals surface area (Å²) in [4.78, 5) is 11.5. The predicted octanol–water partition coefficient (Wildman–Crippen LogP) is 2.29. The van der Waals surface area contributed by atoms with Gasteiger partial charge in [0.2, 0.25) is 5.91 Å². The lowest BCUT2D eigenvalue weighted by molar-refractivity contribution is -0.122. The summed E-state index contributed by atoms with van der Waals surface area (Å²) < 4.78 is 0. The van der Waals surface area contributed by atoms with Gasteiger partial charge >= 0.3 is 0 Å². The van der Waals surface area contributed by atoms with E-state index in [-0.39, 0.29) is 5.91 Å². The molecule has 3 heteroatoms. The molecule has 1 heterocycles. The van der Waals surface area contributed by atoms with Crippen LogP contribution in [0.3, 0.4) is 0 Å².